The van der Waals surface area contributed by atoms with E-state index in [0.717, 1.165) is 30.5 Å². The van der Waals surface area contributed by atoms with E-state index in [0.29, 0.717) is 30.6 Å². The normalized spacial score (nSPS) is 22.7. The second kappa shape index (κ2) is 9.69. The Morgan fingerprint density at radius 3 is 2.68 bits per heavy atom. The lowest BCUT2D eigenvalue weighted by molar-refractivity contribution is -0.139. The number of aromatic nitrogens is 2. The fourth-order valence-electron chi connectivity index (χ4n) is 5.67. The Balaban J connectivity index is 1.19. The summed E-state index contributed by atoms with van der Waals surface area (Å²) in [6, 6.07) is 17.0. The van der Waals surface area contributed by atoms with Gasteiger partial charge >= 0.3 is 0 Å². The van der Waals surface area contributed by atoms with Crippen LogP contribution < -0.4 is 15.8 Å². The van der Waals surface area contributed by atoms with E-state index < -0.39 is 0 Å². The summed E-state index contributed by atoms with van der Waals surface area (Å²) in [5.41, 5.74) is 7.06. The molecule has 8 nitrogen and oxygen atoms in total. The minimum Gasteiger partial charge on any atom is -0.345 e. The summed E-state index contributed by atoms with van der Waals surface area (Å²) in [5, 5.41) is 9.09. The molecule has 1 saturated heterocycles. The molecule has 0 saturated carbocycles. The average Bonchev–Trinajstić information content (AvgIpc) is 3.35. The molecule has 3 atom stereocenters. The maximum atomic E-state index is 13.3. The van der Waals surface area contributed by atoms with Crippen molar-refractivity contribution in [2.45, 2.75) is 44.7 Å². The minimum atomic E-state index is -0.371. The summed E-state index contributed by atoms with van der Waals surface area (Å²) < 4.78 is 2.03. The lowest BCUT2D eigenvalue weighted by Crippen LogP contribution is -2.59. The largest absolute Gasteiger partial charge is 0.345 e. The Kier molecular flexibility index (Phi) is 6.08. The van der Waals surface area contributed by atoms with Gasteiger partial charge in [-0.15, -0.1) is 0 Å². The molecule has 3 unspecified atom stereocenters. The Labute approximate surface area is 215 Å². The highest BCUT2D eigenvalue weighted by atomic mass is 16.2. The molecule has 37 heavy (non-hydrogen) atoms. The molecule has 188 valence electrons. The Morgan fingerprint density at radius 1 is 1.03 bits per heavy atom. The van der Waals surface area contributed by atoms with E-state index in [-0.39, 0.29) is 35.6 Å². The molecule has 3 amide bonds. The number of rotatable bonds is 5. The summed E-state index contributed by atoms with van der Waals surface area (Å²) in [7, 11) is 0. The molecule has 3 aliphatic rings. The first kappa shape index (κ1) is 23.2. The molecule has 2 aliphatic carbocycles. The second-order valence-electron chi connectivity index (χ2n) is 9.96. The second-order valence-corrected chi connectivity index (χ2v) is 9.96. The van der Waals surface area contributed by atoms with E-state index in [9.17, 15) is 14.4 Å². The molecule has 2 N–H and O–H groups in total. The van der Waals surface area contributed by atoms with Gasteiger partial charge in [0.2, 0.25) is 11.8 Å². The number of carbonyl (C=O) groups excluding carboxylic acids is 3. The lowest BCUT2D eigenvalue weighted by Gasteiger charge is -2.38. The van der Waals surface area contributed by atoms with Gasteiger partial charge in [0.25, 0.3) is 5.91 Å². The van der Waals surface area contributed by atoms with Gasteiger partial charge in [0.05, 0.1) is 36.3 Å². The molecular formula is C29H29N5O3. The summed E-state index contributed by atoms with van der Waals surface area (Å²) in [6.07, 6.45) is 9.64. The quantitative estimate of drug-likeness (QED) is 0.528. The van der Waals surface area contributed by atoms with E-state index in [2.05, 4.69) is 28.0 Å². The zero-order valence-corrected chi connectivity index (χ0v) is 20.5. The average molecular weight is 496 g/mol. The summed E-state index contributed by atoms with van der Waals surface area (Å²) in [4.78, 5) is 39.1. The van der Waals surface area contributed by atoms with Gasteiger partial charge < -0.3 is 5.32 Å². The van der Waals surface area contributed by atoms with Crippen LogP contribution in [0.5, 0.6) is 0 Å². The van der Waals surface area contributed by atoms with Crippen LogP contribution in [0.25, 0.3) is 0 Å². The van der Waals surface area contributed by atoms with Crippen LogP contribution in [-0.2, 0) is 22.6 Å². The molecule has 2 aromatic carbocycles. The smallest absolute Gasteiger partial charge is 0.251 e. The van der Waals surface area contributed by atoms with Crippen LogP contribution in [-0.4, -0.2) is 27.5 Å². The van der Waals surface area contributed by atoms with Crippen LogP contribution in [0, 0.1) is 11.8 Å². The van der Waals surface area contributed by atoms with Crippen molar-refractivity contribution in [1.82, 2.24) is 20.5 Å². The fourth-order valence-corrected chi connectivity index (χ4v) is 5.67. The highest BCUT2D eigenvalue weighted by molar-refractivity contribution is 6.05. The summed E-state index contributed by atoms with van der Waals surface area (Å²) >= 11 is 0. The number of nitrogens with one attached hydrogen (secondary N) is 2. The van der Waals surface area contributed by atoms with Gasteiger partial charge in [-0.2, -0.15) is 5.10 Å². The summed E-state index contributed by atoms with van der Waals surface area (Å²) in [5.74, 6) is -1.22. The third kappa shape index (κ3) is 4.43. The number of anilines is 1. The van der Waals surface area contributed by atoms with Crippen LogP contribution >= 0.6 is 0 Å². The van der Waals surface area contributed by atoms with E-state index in [1.165, 1.54) is 10.6 Å². The number of allylic oxidation sites excluding steroid dienone is 2. The van der Waals surface area contributed by atoms with E-state index in [1.54, 1.807) is 24.3 Å². The van der Waals surface area contributed by atoms with Gasteiger partial charge in [0, 0.05) is 16.8 Å². The van der Waals surface area contributed by atoms with Gasteiger partial charge in [-0.3, -0.25) is 24.5 Å². The zero-order chi connectivity index (χ0) is 25.4. The first-order valence-corrected chi connectivity index (χ1v) is 12.9. The van der Waals surface area contributed by atoms with Crippen molar-refractivity contribution in [1.29, 1.82) is 0 Å². The van der Waals surface area contributed by atoms with Crippen molar-refractivity contribution >= 4 is 23.4 Å². The van der Waals surface area contributed by atoms with Gasteiger partial charge in [0.15, 0.2) is 0 Å². The van der Waals surface area contributed by atoms with E-state index >= 15 is 0 Å². The standard InChI is InChI=1S/C29H29N5O3/c35-27(31-25-14-7-15-26-24(25)17-30-33(26)18-19-8-2-1-3-9-19)20-10-6-11-21(16-20)34-29(37)23-13-5-4-12-22(23)28(36)32-34/h1-6,8-11,16-17,22-23,25H,7,12-15,18H2,(H,31,35)(H,32,36). The van der Waals surface area contributed by atoms with Gasteiger partial charge in [-0.05, 0) is 55.9 Å². The topological polar surface area (TPSA) is 96.3 Å². The number of fused-ring (bicyclic) bond motifs is 2. The third-order valence-corrected chi connectivity index (χ3v) is 7.64. The van der Waals surface area contributed by atoms with Crippen molar-refractivity contribution < 1.29 is 14.4 Å². The molecule has 3 aromatic rings. The van der Waals surface area contributed by atoms with Crippen molar-refractivity contribution in [3.63, 3.8) is 0 Å². The number of hydrogen-bond acceptors (Lipinski definition) is 4. The number of hydrazine groups is 1. The molecule has 8 heteroatoms. The van der Waals surface area contributed by atoms with Crippen molar-refractivity contribution in [3.05, 3.63) is 95.3 Å². The molecule has 6 rings (SSSR count). The monoisotopic (exact) mass is 495 g/mol. The van der Waals surface area contributed by atoms with Crippen LogP contribution in [0.4, 0.5) is 5.69 Å². The zero-order valence-electron chi connectivity index (χ0n) is 20.5. The number of amides is 3. The van der Waals surface area contributed by atoms with Crippen LogP contribution in [0.1, 0.15) is 58.9 Å². The fraction of sp³-hybridized carbons (Fsp3) is 0.310. The third-order valence-electron chi connectivity index (χ3n) is 7.64. The van der Waals surface area contributed by atoms with Gasteiger partial charge in [-0.1, -0.05) is 48.6 Å². The SMILES string of the molecule is O=C(NC1CCCc2c1cnn2Cc1ccccc1)c1cccc(N2NC(=O)C3CC=CCC3C2=O)c1. The molecule has 0 radical (unpaired) electrons. The lowest BCUT2D eigenvalue weighted by atomic mass is 9.80. The van der Waals surface area contributed by atoms with E-state index in [1.807, 2.05) is 41.2 Å². The first-order valence-electron chi connectivity index (χ1n) is 12.9. The maximum Gasteiger partial charge on any atom is 0.251 e. The number of nitrogens with zero attached hydrogens (tertiary/aromatic N) is 3. The number of benzene rings is 2. The predicted molar refractivity (Wildman–Crippen MR) is 138 cm³/mol. The highest BCUT2D eigenvalue weighted by Gasteiger charge is 2.42. The van der Waals surface area contributed by atoms with Crippen molar-refractivity contribution in [2.75, 3.05) is 5.01 Å². The number of hydrogen-bond donors (Lipinski definition) is 2. The Hall–Kier alpha value is -4.20. The molecule has 2 heterocycles. The maximum absolute atomic E-state index is 13.3. The highest BCUT2D eigenvalue weighted by Crippen LogP contribution is 2.33. The molecule has 0 spiro atoms. The molecule has 0 bridgehead atoms. The molecule has 1 fully saturated rings. The van der Waals surface area contributed by atoms with Gasteiger partial charge in [0.1, 0.15) is 0 Å². The van der Waals surface area contributed by atoms with Crippen molar-refractivity contribution in [2.24, 2.45) is 11.8 Å². The minimum absolute atomic E-state index is 0.129. The Morgan fingerprint density at radius 2 is 1.84 bits per heavy atom. The van der Waals surface area contributed by atoms with Crippen LogP contribution in [0.15, 0.2) is 72.9 Å². The van der Waals surface area contributed by atoms with Gasteiger partial charge in [-0.25, -0.2) is 5.01 Å². The van der Waals surface area contributed by atoms with Crippen molar-refractivity contribution in [3.8, 4) is 0 Å². The van der Waals surface area contributed by atoms with Crippen LogP contribution in [0.2, 0.25) is 0 Å². The van der Waals surface area contributed by atoms with Crippen LogP contribution in [0.3, 0.4) is 0 Å². The summed E-state index contributed by atoms with van der Waals surface area (Å²) in [6.45, 7) is 0.701. The first-order chi connectivity index (χ1) is 18.1. The molecular weight excluding hydrogens is 466 g/mol. The number of carbonyl (C=O) groups is 3. The molecule has 1 aliphatic heterocycles. The predicted octanol–water partition coefficient (Wildman–Crippen LogP) is 3.70. The Bertz CT molecular complexity index is 1380. The molecule has 1 aromatic heterocycles. The van der Waals surface area contributed by atoms with E-state index in [4.69, 9.17) is 0 Å².